The molecule has 0 aliphatic rings. The number of nitrogens with one attached hydrogen (secondary N) is 1. The molecule has 0 unspecified atom stereocenters. The Morgan fingerprint density at radius 1 is 0.947 bits per heavy atom. The van der Waals surface area contributed by atoms with E-state index in [-0.39, 0.29) is 0 Å². The van der Waals surface area contributed by atoms with Crippen molar-refractivity contribution < 1.29 is 0 Å². The summed E-state index contributed by atoms with van der Waals surface area (Å²) in [7, 11) is 0. The predicted molar refractivity (Wildman–Crippen MR) is 87.7 cm³/mol. The molecule has 102 valence electrons. The summed E-state index contributed by atoms with van der Waals surface area (Å²) in [6.07, 6.45) is 4.89. The van der Waals surface area contributed by atoms with Crippen molar-refractivity contribution >= 4 is 26.7 Å². The molecule has 0 fully saturated rings. The fraction of sp³-hybridized carbons (Fsp3) is 0.412. The highest BCUT2D eigenvalue weighted by Gasteiger charge is 2.03. The predicted octanol–water partition coefficient (Wildman–Crippen LogP) is 4.92. The van der Waals surface area contributed by atoms with E-state index >= 15 is 0 Å². The molecule has 0 heterocycles. The molecule has 0 saturated carbocycles. The Morgan fingerprint density at radius 3 is 2.53 bits per heavy atom. The quantitative estimate of drug-likeness (QED) is 0.714. The number of fused-ring (bicyclic) bond motifs is 1. The fourth-order valence-corrected chi connectivity index (χ4v) is 2.89. The van der Waals surface area contributed by atoms with E-state index in [1.54, 1.807) is 0 Å². The van der Waals surface area contributed by atoms with E-state index in [0.29, 0.717) is 0 Å². The molecule has 0 aliphatic carbocycles. The average molecular weight is 320 g/mol. The van der Waals surface area contributed by atoms with E-state index in [9.17, 15) is 0 Å². The first kappa shape index (κ1) is 14.5. The molecule has 2 aromatic carbocycles. The average Bonchev–Trinajstić information content (AvgIpc) is 2.45. The zero-order chi connectivity index (χ0) is 13.5. The van der Waals surface area contributed by atoms with Crippen molar-refractivity contribution in [3.05, 3.63) is 46.4 Å². The van der Waals surface area contributed by atoms with Crippen LogP contribution in [-0.2, 0) is 6.42 Å². The fourth-order valence-electron chi connectivity index (χ4n) is 2.41. The van der Waals surface area contributed by atoms with Gasteiger partial charge in [-0.15, -0.1) is 0 Å². The normalized spacial score (nSPS) is 11.1. The third kappa shape index (κ3) is 4.05. The van der Waals surface area contributed by atoms with Gasteiger partial charge in [0.15, 0.2) is 0 Å². The van der Waals surface area contributed by atoms with Gasteiger partial charge in [-0.1, -0.05) is 53.2 Å². The molecular formula is C17H22BrN. The highest BCUT2D eigenvalue weighted by molar-refractivity contribution is 9.10. The molecule has 0 spiro atoms. The number of unbranched alkanes of at least 4 members (excludes halogenated alkanes) is 1. The van der Waals surface area contributed by atoms with Gasteiger partial charge in [-0.25, -0.2) is 0 Å². The van der Waals surface area contributed by atoms with Crippen LogP contribution in [0, 0.1) is 0 Å². The Balaban J connectivity index is 1.96. The van der Waals surface area contributed by atoms with Crippen LogP contribution in [-0.4, -0.2) is 13.1 Å². The minimum atomic E-state index is 1.14. The maximum atomic E-state index is 3.63. The van der Waals surface area contributed by atoms with E-state index in [1.165, 1.54) is 46.5 Å². The van der Waals surface area contributed by atoms with Crippen LogP contribution in [0.3, 0.4) is 0 Å². The summed E-state index contributed by atoms with van der Waals surface area (Å²) in [5.74, 6) is 0. The molecule has 0 aliphatic heterocycles. The summed E-state index contributed by atoms with van der Waals surface area (Å²) >= 11 is 3.63. The molecule has 2 heteroatoms. The Kier molecular flexibility index (Phi) is 5.87. The molecular weight excluding hydrogens is 298 g/mol. The zero-order valence-corrected chi connectivity index (χ0v) is 13.2. The van der Waals surface area contributed by atoms with Gasteiger partial charge in [0.1, 0.15) is 0 Å². The highest BCUT2D eigenvalue weighted by Crippen LogP contribution is 2.27. The number of hydrogen-bond donors (Lipinski definition) is 1. The second-order valence-corrected chi connectivity index (χ2v) is 5.81. The van der Waals surface area contributed by atoms with Crippen molar-refractivity contribution in [2.24, 2.45) is 0 Å². The van der Waals surface area contributed by atoms with E-state index < -0.39 is 0 Å². The molecule has 2 aromatic rings. The van der Waals surface area contributed by atoms with Crippen LogP contribution < -0.4 is 5.32 Å². The van der Waals surface area contributed by atoms with Crippen molar-refractivity contribution in [1.82, 2.24) is 5.32 Å². The third-order valence-electron chi connectivity index (χ3n) is 3.44. The second kappa shape index (κ2) is 7.66. The summed E-state index contributed by atoms with van der Waals surface area (Å²) in [6, 6.07) is 13.1. The van der Waals surface area contributed by atoms with E-state index in [0.717, 1.165) is 13.1 Å². The SMILES string of the molecule is CCCNCCCCc1ccc(Br)c2ccccc12. The number of aryl methyl sites for hydroxylation is 1. The van der Waals surface area contributed by atoms with Crippen LogP contribution in [0.15, 0.2) is 40.9 Å². The van der Waals surface area contributed by atoms with Crippen LogP contribution in [0.25, 0.3) is 10.8 Å². The molecule has 1 nitrogen and oxygen atoms in total. The number of hydrogen-bond acceptors (Lipinski definition) is 1. The smallest absolute Gasteiger partial charge is 0.0253 e. The van der Waals surface area contributed by atoms with Crippen molar-refractivity contribution in [2.45, 2.75) is 32.6 Å². The Bertz CT molecular complexity index is 522. The molecule has 0 atom stereocenters. The van der Waals surface area contributed by atoms with Gasteiger partial charge in [0.05, 0.1) is 0 Å². The first-order valence-corrected chi connectivity index (χ1v) is 7.99. The van der Waals surface area contributed by atoms with Crippen LogP contribution in [0.1, 0.15) is 31.7 Å². The Morgan fingerprint density at radius 2 is 1.74 bits per heavy atom. The minimum Gasteiger partial charge on any atom is -0.317 e. The Labute approximate surface area is 124 Å². The number of rotatable bonds is 7. The van der Waals surface area contributed by atoms with Crippen LogP contribution in [0.2, 0.25) is 0 Å². The van der Waals surface area contributed by atoms with Gasteiger partial charge in [0.2, 0.25) is 0 Å². The van der Waals surface area contributed by atoms with Crippen molar-refractivity contribution in [2.75, 3.05) is 13.1 Å². The van der Waals surface area contributed by atoms with Gasteiger partial charge in [-0.05, 0) is 61.2 Å². The molecule has 0 amide bonds. The van der Waals surface area contributed by atoms with Crippen molar-refractivity contribution in [3.8, 4) is 0 Å². The van der Waals surface area contributed by atoms with Gasteiger partial charge >= 0.3 is 0 Å². The number of halogens is 1. The van der Waals surface area contributed by atoms with Crippen molar-refractivity contribution in [3.63, 3.8) is 0 Å². The summed E-state index contributed by atoms with van der Waals surface area (Å²) < 4.78 is 1.19. The highest BCUT2D eigenvalue weighted by atomic mass is 79.9. The minimum absolute atomic E-state index is 1.14. The summed E-state index contributed by atoms with van der Waals surface area (Å²) in [5.41, 5.74) is 1.47. The molecule has 19 heavy (non-hydrogen) atoms. The lowest BCUT2D eigenvalue weighted by atomic mass is 10.0. The first-order chi connectivity index (χ1) is 9.33. The van der Waals surface area contributed by atoms with Gasteiger partial charge in [0.25, 0.3) is 0 Å². The van der Waals surface area contributed by atoms with Gasteiger partial charge in [-0.3, -0.25) is 0 Å². The lowest BCUT2D eigenvalue weighted by Gasteiger charge is -2.08. The molecule has 2 rings (SSSR count). The molecule has 0 bridgehead atoms. The molecule has 1 N–H and O–H groups in total. The molecule has 0 saturated heterocycles. The van der Waals surface area contributed by atoms with Crippen molar-refractivity contribution in [1.29, 1.82) is 0 Å². The van der Waals surface area contributed by atoms with Crippen LogP contribution in [0.4, 0.5) is 0 Å². The monoisotopic (exact) mass is 319 g/mol. The van der Waals surface area contributed by atoms with E-state index in [1.807, 2.05) is 0 Å². The summed E-state index contributed by atoms with van der Waals surface area (Å²) in [5, 5.41) is 6.17. The second-order valence-electron chi connectivity index (χ2n) is 4.96. The lowest BCUT2D eigenvalue weighted by molar-refractivity contribution is 0.617. The topological polar surface area (TPSA) is 12.0 Å². The van der Waals surface area contributed by atoms with Gasteiger partial charge < -0.3 is 5.32 Å². The van der Waals surface area contributed by atoms with Crippen LogP contribution in [0.5, 0.6) is 0 Å². The largest absolute Gasteiger partial charge is 0.317 e. The van der Waals surface area contributed by atoms with Crippen LogP contribution >= 0.6 is 15.9 Å². The molecule has 0 aromatic heterocycles. The van der Waals surface area contributed by atoms with Gasteiger partial charge in [-0.2, -0.15) is 0 Å². The zero-order valence-electron chi connectivity index (χ0n) is 11.6. The first-order valence-electron chi connectivity index (χ1n) is 7.19. The summed E-state index contributed by atoms with van der Waals surface area (Å²) in [4.78, 5) is 0. The maximum absolute atomic E-state index is 3.63. The third-order valence-corrected chi connectivity index (χ3v) is 4.13. The molecule has 0 radical (unpaired) electrons. The standard InChI is InChI=1S/C17H22BrN/c1-2-12-19-13-6-5-7-14-10-11-17(18)16-9-4-3-8-15(14)16/h3-4,8-11,19H,2,5-7,12-13H2,1H3. The van der Waals surface area contributed by atoms with E-state index in [2.05, 4.69) is 64.6 Å². The van der Waals surface area contributed by atoms with E-state index in [4.69, 9.17) is 0 Å². The van der Waals surface area contributed by atoms with Gasteiger partial charge in [0, 0.05) is 4.47 Å². The number of benzene rings is 2. The maximum Gasteiger partial charge on any atom is 0.0253 e. The summed E-state index contributed by atoms with van der Waals surface area (Å²) in [6.45, 7) is 4.49. The Hall–Kier alpha value is -0.860. The lowest BCUT2D eigenvalue weighted by Crippen LogP contribution is -2.15.